The van der Waals surface area contributed by atoms with E-state index < -0.39 is 33.1 Å². The molecule has 0 aliphatic heterocycles. The Morgan fingerprint density at radius 1 is 0.970 bits per heavy atom. The first-order chi connectivity index (χ1) is 15.5. The highest BCUT2D eigenvalue weighted by atomic mass is 32.1. The van der Waals surface area contributed by atoms with E-state index in [1.54, 1.807) is 6.92 Å². The lowest BCUT2D eigenvalue weighted by atomic mass is 9.97. The molecule has 0 atom stereocenters. The van der Waals surface area contributed by atoms with Crippen LogP contribution in [0.2, 0.25) is 0 Å². The van der Waals surface area contributed by atoms with Crippen molar-refractivity contribution in [1.82, 2.24) is 0 Å². The third-order valence-electron chi connectivity index (χ3n) is 5.13. The Morgan fingerprint density at radius 2 is 1.67 bits per heavy atom. The van der Waals surface area contributed by atoms with Crippen LogP contribution < -0.4 is 5.32 Å². The Bertz CT molecular complexity index is 1310. The fourth-order valence-corrected chi connectivity index (χ4v) is 4.38. The molecule has 0 radical (unpaired) electrons. The molecule has 3 rings (SSSR count). The molecule has 1 aromatic heterocycles. The van der Waals surface area contributed by atoms with Crippen molar-refractivity contribution in [1.29, 1.82) is 0 Å². The molecule has 33 heavy (non-hydrogen) atoms. The van der Waals surface area contributed by atoms with Gasteiger partial charge in [-0.1, -0.05) is 18.2 Å². The summed E-state index contributed by atoms with van der Waals surface area (Å²) in [6.07, 6.45) is 0. The summed E-state index contributed by atoms with van der Waals surface area (Å²) in [5, 5.41) is 25.1. The first-order valence-electron chi connectivity index (χ1n) is 9.58. The summed E-state index contributed by atoms with van der Waals surface area (Å²) in [4.78, 5) is 47.0. The summed E-state index contributed by atoms with van der Waals surface area (Å²) in [6, 6.07) is 8.43. The molecule has 0 fully saturated rings. The van der Waals surface area contributed by atoms with Crippen molar-refractivity contribution >= 4 is 39.6 Å². The van der Waals surface area contributed by atoms with Gasteiger partial charge in [-0.15, -0.1) is 11.3 Å². The molecule has 0 aliphatic rings. The molecule has 10 nitrogen and oxygen atoms in total. The van der Waals surface area contributed by atoms with E-state index in [1.165, 1.54) is 7.11 Å². The Balaban J connectivity index is 2.10. The number of esters is 1. The molecule has 0 saturated heterocycles. The predicted molar refractivity (Wildman–Crippen MR) is 123 cm³/mol. The van der Waals surface area contributed by atoms with Crippen LogP contribution in [0.5, 0.6) is 0 Å². The standard InChI is InChI=1S/C22H19N3O7S/c1-11-5-6-14(9-12(11)2)18-13(3)33-21(19(18)22(27)32-4)23-20(26)16-8-7-15(24(28)29)10-17(16)25(30)31/h5-10H,1-4H3,(H,23,26). The number of anilines is 1. The average Bonchev–Trinajstić information content (AvgIpc) is 3.09. The Morgan fingerprint density at radius 3 is 2.24 bits per heavy atom. The number of thiophene rings is 1. The summed E-state index contributed by atoms with van der Waals surface area (Å²) >= 11 is 1.12. The number of amides is 1. The molecule has 1 heterocycles. The summed E-state index contributed by atoms with van der Waals surface area (Å²) in [6.45, 7) is 5.68. The SMILES string of the molecule is COC(=O)c1c(NC(=O)c2ccc([N+](=O)[O-])cc2[N+](=O)[O-])sc(C)c1-c1ccc(C)c(C)c1. The second-order valence-electron chi connectivity index (χ2n) is 7.20. The second-order valence-corrected chi connectivity index (χ2v) is 8.42. The number of ether oxygens (including phenoxy) is 1. The quantitative estimate of drug-likeness (QED) is 0.297. The van der Waals surface area contributed by atoms with E-state index in [4.69, 9.17) is 4.74 Å². The van der Waals surface area contributed by atoms with E-state index in [0.29, 0.717) is 5.56 Å². The van der Waals surface area contributed by atoms with Gasteiger partial charge >= 0.3 is 5.97 Å². The minimum absolute atomic E-state index is 0.126. The van der Waals surface area contributed by atoms with Crippen LogP contribution in [0, 0.1) is 41.0 Å². The number of aryl methyl sites for hydroxylation is 3. The topological polar surface area (TPSA) is 142 Å². The minimum atomic E-state index is -0.880. The van der Waals surface area contributed by atoms with Crippen molar-refractivity contribution in [2.24, 2.45) is 0 Å². The Labute approximate surface area is 192 Å². The van der Waals surface area contributed by atoms with Gasteiger partial charge in [0, 0.05) is 16.5 Å². The van der Waals surface area contributed by atoms with Crippen LogP contribution in [-0.4, -0.2) is 28.8 Å². The van der Waals surface area contributed by atoms with Crippen molar-refractivity contribution in [2.75, 3.05) is 12.4 Å². The zero-order valence-corrected chi connectivity index (χ0v) is 18.9. The second kappa shape index (κ2) is 9.17. The zero-order chi connectivity index (χ0) is 24.4. The van der Waals surface area contributed by atoms with E-state index >= 15 is 0 Å². The number of nitro groups is 2. The van der Waals surface area contributed by atoms with Gasteiger partial charge in [0.1, 0.15) is 16.1 Å². The number of nitro benzene ring substituents is 2. The van der Waals surface area contributed by atoms with Crippen molar-refractivity contribution in [2.45, 2.75) is 20.8 Å². The van der Waals surface area contributed by atoms with Crippen molar-refractivity contribution < 1.29 is 24.2 Å². The van der Waals surface area contributed by atoms with Gasteiger partial charge in [-0.25, -0.2) is 4.79 Å². The number of non-ortho nitro benzene ring substituents is 1. The molecule has 11 heteroatoms. The maximum absolute atomic E-state index is 12.9. The lowest BCUT2D eigenvalue weighted by Crippen LogP contribution is -2.16. The first kappa shape index (κ1) is 23.5. The van der Waals surface area contributed by atoms with Crippen LogP contribution >= 0.6 is 11.3 Å². The van der Waals surface area contributed by atoms with Gasteiger partial charge in [0.05, 0.1) is 23.0 Å². The van der Waals surface area contributed by atoms with E-state index in [0.717, 1.165) is 51.1 Å². The fourth-order valence-electron chi connectivity index (χ4n) is 3.32. The number of nitrogens with zero attached hydrogens (tertiary/aromatic N) is 2. The molecule has 0 saturated carbocycles. The summed E-state index contributed by atoms with van der Waals surface area (Å²) in [7, 11) is 1.21. The lowest BCUT2D eigenvalue weighted by Gasteiger charge is -2.10. The van der Waals surface area contributed by atoms with Gasteiger partial charge in [0.2, 0.25) is 0 Å². The molecule has 1 N–H and O–H groups in total. The fraction of sp³-hybridized carbons (Fsp3) is 0.182. The normalized spacial score (nSPS) is 10.5. The number of hydrogen-bond donors (Lipinski definition) is 1. The average molecular weight is 469 g/mol. The maximum atomic E-state index is 12.9. The smallest absolute Gasteiger partial charge is 0.341 e. The highest BCUT2D eigenvalue weighted by Crippen LogP contribution is 2.41. The summed E-state index contributed by atoms with van der Waals surface area (Å²) in [5.41, 5.74) is 1.95. The first-order valence-corrected chi connectivity index (χ1v) is 10.4. The molecule has 1 amide bonds. The van der Waals surface area contributed by atoms with Crippen molar-refractivity contribution in [3.8, 4) is 11.1 Å². The maximum Gasteiger partial charge on any atom is 0.341 e. The monoisotopic (exact) mass is 469 g/mol. The van der Waals surface area contributed by atoms with Crippen molar-refractivity contribution in [3.63, 3.8) is 0 Å². The number of hydrogen-bond acceptors (Lipinski definition) is 8. The van der Waals surface area contributed by atoms with E-state index in [-0.39, 0.29) is 16.1 Å². The molecular weight excluding hydrogens is 450 g/mol. The van der Waals surface area contributed by atoms with E-state index in [1.807, 2.05) is 32.0 Å². The van der Waals surface area contributed by atoms with Crippen LogP contribution in [0.4, 0.5) is 16.4 Å². The molecule has 0 unspecified atom stereocenters. The number of carbonyl (C=O) groups excluding carboxylic acids is 2. The number of benzene rings is 2. The number of carbonyl (C=O) groups is 2. The van der Waals surface area contributed by atoms with Crippen LogP contribution in [-0.2, 0) is 4.74 Å². The van der Waals surface area contributed by atoms with Gasteiger partial charge in [-0.3, -0.25) is 25.0 Å². The summed E-state index contributed by atoms with van der Waals surface area (Å²) < 4.78 is 4.93. The molecular formula is C22H19N3O7S. The molecule has 3 aromatic rings. The molecule has 0 aliphatic carbocycles. The Kier molecular flexibility index (Phi) is 6.54. The van der Waals surface area contributed by atoms with Crippen molar-refractivity contribution in [3.05, 3.63) is 83.8 Å². The highest BCUT2D eigenvalue weighted by Gasteiger charge is 2.28. The van der Waals surface area contributed by atoms with Gasteiger partial charge < -0.3 is 10.1 Å². The van der Waals surface area contributed by atoms with Gasteiger partial charge in [-0.2, -0.15) is 0 Å². The molecule has 0 bridgehead atoms. The van der Waals surface area contributed by atoms with E-state index in [9.17, 15) is 29.8 Å². The third-order valence-corrected chi connectivity index (χ3v) is 6.15. The van der Waals surface area contributed by atoms with Crippen LogP contribution in [0.15, 0.2) is 36.4 Å². The number of nitrogens with one attached hydrogen (secondary N) is 1. The van der Waals surface area contributed by atoms with Crippen LogP contribution in [0.3, 0.4) is 0 Å². The summed E-state index contributed by atoms with van der Waals surface area (Å²) in [5.74, 6) is -1.56. The zero-order valence-electron chi connectivity index (χ0n) is 18.1. The van der Waals surface area contributed by atoms with Crippen LogP contribution in [0.25, 0.3) is 11.1 Å². The van der Waals surface area contributed by atoms with Gasteiger partial charge in [-0.05, 0) is 43.5 Å². The molecule has 170 valence electrons. The Hall–Kier alpha value is -4.12. The minimum Gasteiger partial charge on any atom is -0.465 e. The third kappa shape index (κ3) is 4.58. The molecule has 0 spiro atoms. The number of rotatable bonds is 6. The predicted octanol–water partition coefficient (Wildman–Crippen LogP) is 5.20. The largest absolute Gasteiger partial charge is 0.465 e. The lowest BCUT2D eigenvalue weighted by molar-refractivity contribution is -0.394. The van der Waals surface area contributed by atoms with Gasteiger partial charge in [0.15, 0.2) is 0 Å². The number of methoxy groups -OCH3 is 1. The molecule has 2 aromatic carbocycles. The van der Waals surface area contributed by atoms with Crippen LogP contribution in [0.1, 0.15) is 36.7 Å². The van der Waals surface area contributed by atoms with E-state index in [2.05, 4.69) is 5.32 Å². The van der Waals surface area contributed by atoms with Gasteiger partial charge in [0.25, 0.3) is 17.3 Å². The highest BCUT2D eigenvalue weighted by molar-refractivity contribution is 7.17.